The molecule has 2 N–H and O–H groups in total. The Balaban J connectivity index is 1.60. The van der Waals surface area contributed by atoms with Crippen molar-refractivity contribution in [3.8, 4) is 0 Å². The lowest BCUT2D eigenvalue weighted by Gasteiger charge is -2.40. The Hall–Kier alpha value is -2.13. The van der Waals surface area contributed by atoms with Crippen LogP contribution in [0.2, 0.25) is 18.1 Å². The van der Waals surface area contributed by atoms with E-state index in [0.29, 0.717) is 4.57 Å². The zero-order valence-electron chi connectivity index (χ0n) is 22.6. The Morgan fingerprint density at radius 3 is 2.60 bits per heavy atom. The Morgan fingerprint density at radius 2 is 1.95 bits per heavy atom. The van der Waals surface area contributed by atoms with E-state index in [1.807, 2.05) is 20.8 Å². The fourth-order valence-corrected chi connectivity index (χ4v) is 6.75. The third-order valence-electron chi connectivity index (χ3n) is 7.27. The van der Waals surface area contributed by atoms with E-state index in [0.717, 1.165) is 24.4 Å². The van der Waals surface area contributed by atoms with Crippen molar-refractivity contribution in [2.24, 2.45) is 0 Å². The second kappa shape index (κ2) is 10.9. The van der Waals surface area contributed by atoms with Crippen LogP contribution in [0.4, 0.5) is 23.4 Å². The second-order valence-electron chi connectivity index (χ2n) is 11.2. The third kappa shape index (κ3) is 6.20. The Morgan fingerprint density at radius 1 is 1.25 bits per heavy atom. The lowest BCUT2D eigenvalue weighted by molar-refractivity contribution is -0.138. The van der Waals surface area contributed by atoms with Crippen LogP contribution in [0.15, 0.2) is 35.3 Å². The SMILES string of the molecule is CC(C)(C)[Si](C)(C)O[C@@H]1[C@@H](CO[P@]2(=O)OCC[C@H](c3cc(F)ccc3F)O2)O[C@@H](n2ccc(N)nc2=O)C1(F)F. The standard InChI is InChI=1S/C24H32F4N3O7PSi/c1-23(2,3)40(4,5)38-20-18(36-21(24(20,27)28)31-10-8-19(29)30-22(31)32)13-35-39(33)34-11-9-17(37-39)15-12-14(25)6-7-16(15)26/h6-8,10,12,17-18,20-21H,9,11,13H2,1-5H3,(H2,29,30,32)/t17-,18-,20-,21-,39+/m1/s1. The average molecular weight is 610 g/mol. The van der Waals surface area contributed by atoms with Gasteiger partial charge in [-0.1, -0.05) is 20.8 Å². The number of halogens is 4. The average Bonchev–Trinajstić information content (AvgIpc) is 3.08. The van der Waals surface area contributed by atoms with Crippen molar-refractivity contribution in [2.45, 2.75) is 75.8 Å². The zero-order valence-corrected chi connectivity index (χ0v) is 24.5. The van der Waals surface area contributed by atoms with Gasteiger partial charge in [0.15, 0.2) is 8.32 Å². The van der Waals surface area contributed by atoms with Gasteiger partial charge in [0.05, 0.1) is 19.3 Å². The number of alkyl halides is 2. The lowest BCUT2D eigenvalue weighted by Crippen LogP contribution is -2.52. The Kier molecular flexibility index (Phi) is 8.42. The van der Waals surface area contributed by atoms with Gasteiger partial charge in [0.25, 0.3) is 0 Å². The van der Waals surface area contributed by atoms with Gasteiger partial charge in [0, 0.05) is 18.2 Å². The van der Waals surface area contributed by atoms with Crippen molar-refractivity contribution in [1.82, 2.24) is 9.55 Å². The van der Waals surface area contributed by atoms with Crippen LogP contribution < -0.4 is 11.4 Å². The number of aromatic nitrogens is 2. The van der Waals surface area contributed by atoms with Gasteiger partial charge >= 0.3 is 19.4 Å². The highest BCUT2D eigenvalue weighted by atomic mass is 31.2. The second-order valence-corrected chi connectivity index (χ2v) is 17.5. The van der Waals surface area contributed by atoms with Crippen LogP contribution in [-0.4, -0.2) is 49.2 Å². The molecule has 2 saturated heterocycles. The van der Waals surface area contributed by atoms with Gasteiger partial charge < -0.3 is 14.9 Å². The maximum absolute atomic E-state index is 15.9. The van der Waals surface area contributed by atoms with Gasteiger partial charge in [-0.25, -0.2) is 18.1 Å². The van der Waals surface area contributed by atoms with Crippen LogP contribution in [0.25, 0.3) is 0 Å². The molecule has 10 nitrogen and oxygen atoms in total. The number of hydrogen-bond acceptors (Lipinski definition) is 9. The molecule has 4 rings (SSSR count). The fraction of sp³-hybridized carbons (Fsp3) is 0.583. The molecule has 0 bridgehead atoms. The Bertz CT molecular complexity index is 1360. The summed E-state index contributed by atoms with van der Waals surface area (Å²) in [4.78, 5) is 15.9. The van der Waals surface area contributed by atoms with Crippen molar-refractivity contribution in [3.05, 3.63) is 58.1 Å². The van der Waals surface area contributed by atoms with Gasteiger partial charge in [0.1, 0.15) is 29.7 Å². The predicted octanol–water partition coefficient (Wildman–Crippen LogP) is 5.33. The first-order chi connectivity index (χ1) is 18.4. The molecule has 40 heavy (non-hydrogen) atoms. The van der Waals surface area contributed by atoms with E-state index in [2.05, 4.69) is 4.98 Å². The van der Waals surface area contributed by atoms with Crippen molar-refractivity contribution < 1.29 is 44.9 Å². The number of nitrogens with zero attached hydrogens (tertiary/aromatic N) is 2. The van der Waals surface area contributed by atoms with E-state index in [4.69, 9.17) is 28.5 Å². The molecule has 2 fully saturated rings. The quantitative estimate of drug-likeness (QED) is 0.252. The summed E-state index contributed by atoms with van der Waals surface area (Å²) >= 11 is 0. The minimum absolute atomic E-state index is 0.0396. The lowest BCUT2D eigenvalue weighted by atomic mass is 10.1. The summed E-state index contributed by atoms with van der Waals surface area (Å²) in [6.07, 6.45) is -5.70. The van der Waals surface area contributed by atoms with Crippen molar-refractivity contribution in [3.63, 3.8) is 0 Å². The molecule has 0 spiro atoms. The molecule has 5 atom stereocenters. The smallest absolute Gasteiger partial charge is 0.405 e. The van der Waals surface area contributed by atoms with Gasteiger partial charge in [-0.2, -0.15) is 13.8 Å². The molecule has 0 saturated carbocycles. The summed E-state index contributed by atoms with van der Waals surface area (Å²) in [5.41, 5.74) is 4.24. The van der Waals surface area contributed by atoms with Crippen molar-refractivity contribution in [1.29, 1.82) is 0 Å². The maximum Gasteiger partial charge on any atom is 0.475 e. The third-order valence-corrected chi connectivity index (χ3v) is 13.2. The van der Waals surface area contributed by atoms with Crippen LogP contribution in [0.5, 0.6) is 0 Å². The molecule has 2 aliphatic rings. The normalized spacial score (nSPS) is 29.0. The number of anilines is 1. The van der Waals surface area contributed by atoms with Crippen molar-refractivity contribution in [2.75, 3.05) is 18.9 Å². The minimum atomic E-state index is -4.44. The highest BCUT2D eigenvalue weighted by Gasteiger charge is 2.63. The number of hydrogen-bond donors (Lipinski definition) is 1. The van der Waals surface area contributed by atoms with Gasteiger partial charge in [-0.15, -0.1) is 0 Å². The molecule has 0 amide bonds. The van der Waals surface area contributed by atoms with E-state index >= 15 is 8.78 Å². The highest BCUT2D eigenvalue weighted by molar-refractivity contribution is 7.48. The number of benzene rings is 1. The molecule has 0 radical (unpaired) electrons. The molecule has 222 valence electrons. The van der Waals surface area contributed by atoms with E-state index in [9.17, 15) is 18.1 Å². The maximum atomic E-state index is 15.9. The van der Waals surface area contributed by atoms with E-state index in [-0.39, 0.29) is 24.4 Å². The van der Waals surface area contributed by atoms with Crippen LogP contribution in [0.3, 0.4) is 0 Å². The first-order valence-electron chi connectivity index (χ1n) is 12.5. The van der Waals surface area contributed by atoms with Crippen LogP contribution in [0.1, 0.15) is 45.1 Å². The molecule has 1 aromatic carbocycles. The summed E-state index contributed by atoms with van der Waals surface area (Å²) in [5.74, 6) is -5.44. The van der Waals surface area contributed by atoms with E-state index < -0.39 is 75.6 Å². The summed E-state index contributed by atoms with van der Waals surface area (Å²) in [6.45, 7) is 8.16. The fourth-order valence-electron chi connectivity index (χ4n) is 4.06. The van der Waals surface area contributed by atoms with E-state index in [1.165, 1.54) is 6.07 Å². The number of phosphoric ester groups is 1. The molecular weight excluding hydrogens is 577 g/mol. The molecule has 3 heterocycles. The van der Waals surface area contributed by atoms with E-state index in [1.54, 1.807) is 13.1 Å². The molecule has 2 aromatic rings. The topological polar surface area (TPSA) is 124 Å². The number of phosphoric acid groups is 1. The van der Waals surface area contributed by atoms with Gasteiger partial charge in [-0.05, 0) is 42.4 Å². The molecule has 0 unspecified atom stereocenters. The summed E-state index contributed by atoms with van der Waals surface area (Å²) in [5, 5.41) is -0.475. The van der Waals surface area contributed by atoms with Crippen molar-refractivity contribution >= 4 is 22.0 Å². The molecule has 2 aliphatic heterocycles. The molecule has 1 aromatic heterocycles. The largest absolute Gasteiger partial charge is 0.475 e. The predicted molar refractivity (Wildman–Crippen MR) is 138 cm³/mol. The number of nitrogens with two attached hydrogens (primary N) is 1. The number of rotatable bonds is 7. The first-order valence-corrected chi connectivity index (χ1v) is 16.9. The minimum Gasteiger partial charge on any atom is -0.405 e. The monoisotopic (exact) mass is 609 g/mol. The number of nitrogen functional groups attached to an aromatic ring is 1. The summed E-state index contributed by atoms with van der Waals surface area (Å²) in [7, 11) is -7.29. The summed E-state index contributed by atoms with van der Waals surface area (Å²) in [6, 6.07) is 3.90. The molecule has 0 aliphatic carbocycles. The highest BCUT2D eigenvalue weighted by Crippen LogP contribution is 2.58. The van der Waals surface area contributed by atoms with Crippen LogP contribution in [0, 0.1) is 11.6 Å². The Labute approximate surface area is 229 Å². The van der Waals surface area contributed by atoms with Crippen LogP contribution >= 0.6 is 7.82 Å². The molecule has 16 heteroatoms. The van der Waals surface area contributed by atoms with Crippen LogP contribution in [-0.2, 0) is 27.3 Å². The summed E-state index contributed by atoms with van der Waals surface area (Å²) < 4.78 is 101. The number of ether oxygens (including phenoxy) is 1. The molecular formula is C24H32F4N3O7PSi. The zero-order chi connectivity index (χ0) is 29.7. The first kappa shape index (κ1) is 30.8. The van der Waals surface area contributed by atoms with Gasteiger partial charge in [0.2, 0.25) is 6.23 Å². The van der Waals surface area contributed by atoms with Gasteiger partial charge in [-0.3, -0.25) is 18.1 Å².